The highest BCUT2D eigenvalue weighted by Gasteiger charge is 2.25. The first-order valence-electron chi connectivity index (χ1n) is 9.67. The molecule has 0 radical (unpaired) electrons. The first-order valence-corrected chi connectivity index (χ1v) is 11.4. The van der Waals surface area contributed by atoms with Crippen LogP contribution in [-0.4, -0.2) is 38.7 Å². The zero-order valence-electron chi connectivity index (χ0n) is 15.9. The fraction of sp³-hybridized carbons (Fsp3) is 0.550. The second kappa shape index (κ2) is 9.24. The number of carbonyl (C=O) groups excluding carboxylic acids is 1. The summed E-state index contributed by atoms with van der Waals surface area (Å²) in [6.45, 7) is 5.63. The van der Waals surface area contributed by atoms with Crippen molar-refractivity contribution in [3.63, 3.8) is 0 Å². The molecule has 0 N–H and O–H groups in total. The maximum absolute atomic E-state index is 12.9. The number of halogens is 1. The molecular weight excluding hydrogens is 426 g/mol. The normalized spacial score (nSPS) is 17.4. The second-order valence-corrected chi connectivity index (χ2v) is 8.80. The number of aromatic nitrogens is 2. The van der Waals surface area contributed by atoms with E-state index in [4.69, 9.17) is 0 Å². The zero-order chi connectivity index (χ0) is 19.4. The third-order valence-electron chi connectivity index (χ3n) is 5.07. The Morgan fingerprint density at radius 3 is 2.89 bits per heavy atom. The number of hydrogen-bond acceptors (Lipinski definition) is 4. The summed E-state index contributed by atoms with van der Waals surface area (Å²) < 4.78 is 2.57. The van der Waals surface area contributed by atoms with Crippen molar-refractivity contribution in [1.82, 2.24) is 14.5 Å². The summed E-state index contributed by atoms with van der Waals surface area (Å²) in [4.78, 5) is 32.4. The lowest BCUT2D eigenvalue weighted by Gasteiger charge is -2.35. The Morgan fingerprint density at radius 1 is 1.33 bits per heavy atom. The summed E-state index contributed by atoms with van der Waals surface area (Å²) in [7, 11) is 0. The van der Waals surface area contributed by atoms with Gasteiger partial charge >= 0.3 is 0 Å². The Hall–Kier alpha value is -1.34. The quantitative estimate of drug-likeness (QED) is 0.480. The molecule has 1 aromatic heterocycles. The smallest absolute Gasteiger partial charge is 0.262 e. The molecule has 146 valence electrons. The van der Waals surface area contributed by atoms with Gasteiger partial charge in [0.2, 0.25) is 5.91 Å². The van der Waals surface area contributed by atoms with Crippen molar-refractivity contribution in [2.45, 2.75) is 63.7 Å². The van der Waals surface area contributed by atoms with Gasteiger partial charge in [-0.3, -0.25) is 14.2 Å². The monoisotopic (exact) mass is 451 g/mol. The largest absolute Gasteiger partial charge is 0.339 e. The Kier molecular flexibility index (Phi) is 6.98. The third kappa shape index (κ3) is 4.57. The van der Waals surface area contributed by atoms with E-state index in [1.807, 2.05) is 30.0 Å². The molecule has 1 aromatic carbocycles. The molecule has 0 bridgehead atoms. The lowest BCUT2D eigenvalue weighted by atomic mass is 10.0. The summed E-state index contributed by atoms with van der Waals surface area (Å²) in [5.74, 6) is 0.481. The SMILES string of the molecule is CCCn1c(SCC(=O)N2CCCCC2CC)nc2ccc(Br)cc2c1=O. The van der Waals surface area contributed by atoms with Crippen LogP contribution in [0.15, 0.2) is 32.6 Å². The lowest BCUT2D eigenvalue weighted by Crippen LogP contribution is -2.44. The van der Waals surface area contributed by atoms with Crippen molar-refractivity contribution in [2.75, 3.05) is 12.3 Å². The van der Waals surface area contributed by atoms with Gasteiger partial charge in [-0.25, -0.2) is 4.98 Å². The van der Waals surface area contributed by atoms with E-state index in [1.54, 1.807) is 4.57 Å². The Morgan fingerprint density at radius 2 is 2.15 bits per heavy atom. The zero-order valence-corrected chi connectivity index (χ0v) is 18.3. The number of amides is 1. The Bertz CT molecular complexity index is 883. The predicted molar refractivity (Wildman–Crippen MR) is 114 cm³/mol. The highest BCUT2D eigenvalue weighted by molar-refractivity contribution is 9.10. The molecule has 1 fully saturated rings. The third-order valence-corrected chi connectivity index (χ3v) is 6.53. The van der Waals surface area contributed by atoms with E-state index in [9.17, 15) is 9.59 Å². The Balaban J connectivity index is 1.85. The van der Waals surface area contributed by atoms with Crippen molar-refractivity contribution in [3.8, 4) is 0 Å². The van der Waals surface area contributed by atoms with Gasteiger partial charge in [0.25, 0.3) is 5.56 Å². The van der Waals surface area contributed by atoms with E-state index >= 15 is 0 Å². The molecule has 2 heterocycles. The average Bonchev–Trinajstić information content (AvgIpc) is 2.69. The summed E-state index contributed by atoms with van der Waals surface area (Å²) in [6, 6.07) is 5.90. The van der Waals surface area contributed by atoms with Gasteiger partial charge in [0, 0.05) is 23.6 Å². The van der Waals surface area contributed by atoms with Gasteiger partial charge in [0.1, 0.15) is 0 Å². The van der Waals surface area contributed by atoms with E-state index in [2.05, 4.69) is 27.8 Å². The van der Waals surface area contributed by atoms with Gasteiger partial charge in [-0.15, -0.1) is 0 Å². The fourth-order valence-electron chi connectivity index (χ4n) is 3.67. The van der Waals surface area contributed by atoms with Crippen molar-refractivity contribution < 1.29 is 4.79 Å². The summed E-state index contributed by atoms with van der Waals surface area (Å²) in [5, 5.41) is 1.24. The van der Waals surface area contributed by atoms with Crippen LogP contribution in [0.1, 0.15) is 46.0 Å². The molecule has 27 heavy (non-hydrogen) atoms. The van der Waals surface area contributed by atoms with Gasteiger partial charge in [-0.05, 0) is 50.3 Å². The van der Waals surface area contributed by atoms with Crippen LogP contribution in [0, 0.1) is 0 Å². The molecule has 1 aliphatic rings. The van der Waals surface area contributed by atoms with Crippen LogP contribution in [-0.2, 0) is 11.3 Å². The first kappa shape index (κ1) is 20.4. The molecule has 2 aromatic rings. The van der Waals surface area contributed by atoms with Crippen LogP contribution < -0.4 is 5.56 Å². The number of nitrogens with zero attached hydrogens (tertiary/aromatic N) is 3. The van der Waals surface area contributed by atoms with Crippen molar-refractivity contribution in [1.29, 1.82) is 0 Å². The van der Waals surface area contributed by atoms with E-state index in [-0.39, 0.29) is 11.5 Å². The van der Waals surface area contributed by atoms with E-state index in [0.717, 1.165) is 36.7 Å². The Labute approximate surface area is 172 Å². The van der Waals surface area contributed by atoms with E-state index in [1.165, 1.54) is 18.2 Å². The van der Waals surface area contributed by atoms with E-state index in [0.29, 0.717) is 34.4 Å². The molecule has 7 heteroatoms. The van der Waals surface area contributed by atoms with Gasteiger partial charge in [-0.2, -0.15) is 0 Å². The van der Waals surface area contributed by atoms with Gasteiger partial charge in [-0.1, -0.05) is 41.5 Å². The molecule has 3 rings (SSSR count). The molecule has 0 aliphatic carbocycles. The summed E-state index contributed by atoms with van der Waals surface area (Å²) in [5.41, 5.74) is 0.636. The number of fused-ring (bicyclic) bond motifs is 1. The van der Waals surface area contributed by atoms with Crippen LogP contribution in [0.2, 0.25) is 0 Å². The van der Waals surface area contributed by atoms with Crippen LogP contribution in [0.4, 0.5) is 0 Å². The average molecular weight is 452 g/mol. The highest BCUT2D eigenvalue weighted by Crippen LogP contribution is 2.24. The topological polar surface area (TPSA) is 55.2 Å². The first-order chi connectivity index (χ1) is 13.0. The number of thioether (sulfide) groups is 1. The fourth-order valence-corrected chi connectivity index (χ4v) is 4.94. The summed E-state index contributed by atoms with van der Waals surface area (Å²) >= 11 is 4.81. The highest BCUT2D eigenvalue weighted by atomic mass is 79.9. The second-order valence-electron chi connectivity index (χ2n) is 6.95. The molecular formula is C20H26BrN3O2S. The van der Waals surface area contributed by atoms with Crippen LogP contribution in [0.5, 0.6) is 0 Å². The van der Waals surface area contributed by atoms with Crippen molar-refractivity contribution >= 4 is 44.5 Å². The number of rotatable bonds is 6. The van der Waals surface area contributed by atoms with Crippen molar-refractivity contribution in [2.24, 2.45) is 0 Å². The van der Waals surface area contributed by atoms with Crippen LogP contribution in [0.25, 0.3) is 10.9 Å². The molecule has 0 spiro atoms. The number of benzene rings is 1. The van der Waals surface area contributed by atoms with Crippen LogP contribution >= 0.6 is 27.7 Å². The number of piperidine rings is 1. The minimum atomic E-state index is -0.0393. The number of carbonyl (C=O) groups is 1. The minimum Gasteiger partial charge on any atom is -0.339 e. The maximum Gasteiger partial charge on any atom is 0.262 e. The molecule has 1 aliphatic heterocycles. The predicted octanol–water partition coefficient (Wildman–Crippen LogP) is 4.45. The molecule has 1 atom stereocenters. The van der Waals surface area contributed by atoms with Gasteiger partial charge in [0.05, 0.1) is 16.7 Å². The maximum atomic E-state index is 12.9. The molecule has 1 saturated heterocycles. The van der Waals surface area contributed by atoms with Crippen LogP contribution in [0.3, 0.4) is 0 Å². The molecule has 5 nitrogen and oxygen atoms in total. The van der Waals surface area contributed by atoms with Gasteiger partial charge < -0.3 is 4.90 Å². The molecule has 0 saturated carbocycles. The number of likely N-dealkylation sites (tertiary alicyclic amines) is 1. The minimum absolute atomic E-state index is 0.0393. The lowest BCUT2D eigenvalue weighted by molar-refractivity contribution is -0.132. The number of hydrogen-bond donors (Lipinski definition) is 0. The molecule has 1 unspecified atom stereocenters. The van der Waals surface area contributed by atoms with Crippen molar-refractivity contribution in [3.05, 3.63) is 33.0 Å². The van der Waals surface area contributed by atoms with E-state index < -0.39 is 0 Å². The molecule has 1 amide bonds. The summed E-state index contributed by atoms with van der Waals surface area (Å²) in [6.07, 6.45) is 5.22. The van der Waals surface area contributed by atoms with Gasteiger partial charge in [0.15, 0.2) is 5.16 Å². The standard InChI is InChI=1S/C20H26BrN3O2S/c1-3-10-24-19(26)16-12-14(21)8-9-17(16)22-20(24)27-13-18(25)23-11-6-5-7-15(23)4-2/h8-9,12,15H,3-7,10-11,13H2,1-2H3.